The van der Waals surface area contributed by atoms with Crippen molar-refractivity contribution in [1.82, 2.24) is 5.01 Å². The van der Waals surface area contributed by atoms with Crippen molar-refractivity contribution >= 4 is 12.0 Å². The van der Waals surface area contributed by atoms with E-state index in [2.05, 4.69) is 9.84 Å². The molecule has 0 aromatic heterocycles. The van der Waals surface area contributed by atoms with Crippen LogP contribution >= 0.6 is 0 Å². The number of carbonyl (C=O) groups is 1. The molecule has 0 bridgehead atoms. The molecule has 0 saturated carbocycles. The fraction of sp³-hybridized carbons (Fsp3) is 0.667. The molecule has 0 saturated heterocycles. The van der Waals surface area contributed by atoms with Gasteiger partial charge < -0.3 is 9.47 Å². The van der Waals surface area contributed by atoms with Crippen LogP contribution in [0.4, 0.5) is 4.79 Å². The van der Waals surface area contributed by atoms with Crippen LogP contribution in [-0.2, 0) is 9.47 Å². The van der Waals surface area contributed by atoms with Crippen molar-refractivity contribution in [3.05, 3.63) is 0 Å². The number of carbonyl (C=O) groups excluding carboxylic acids is 1. The van der Waals surface area contributed by atoms with E-state index in [0.717, 1.165) is 5.01 Å². The summed E-state index contributed by atoms with van der Waals surface area (Å²) in [6.45, 7) is 1.64. The molecule has 0 aromatic carbocycles. The molecule has 0 heterocycles. The average Bonchev–Trinajstić information content (AvgIpc) is 2.02. The Morgan fingerprint density at radius 2 is 1.91 bits per heavy atom. The van der Waals surface area contributed by atoms with E-state index in [1.807, 2.05) is 0 Å². The van der Waals surface area contributed by atoms with Crippen molar-refractivity contribution in [3.63, 3.8) is 0 Å². The highest BCUT2D eigenvalue weighted by Crippen LogP contribution is 1.90. The van der Waals surface area contributed by atoms with Gasteiger partial charge in [0, 0.05) is 14.0 Å². The van der Waals surface area contributed by atoms with Crippen LogP contribution in [0, 0.1) is 0 Å². The first-order valence-electron chi connectivity index (χ1n) is 3.02. The maximum absolute atomic E-state index is 10.7. The fourth-order valence-electron chi connectivity index (χ4n) is 0.425. The lowest BCUT2D eigenvalue weighted by atomic mass is 10.8. The molecule has 5 heteroatoms. The van der Waals surface area contributed by atoms with Crippen LogP contribution in [-0.4, -0.2) is 38.3 Å². The summed E-state index contributed by atoms with van der Waals surface area (Å²) in [5.41, 5.74) is 0. The van der Waals surface area contributed by atoms with Gasteiger partial charge in [0.05, 0.1) is 14.2 Å². The number of ether oxygens (including phenoxy) is 2. The Hall–Kier alpha value is -1.26. The summed E-state index contributed by atoms with van der Waals surface area (Å²) in [5.74, 6) is 0.401. The fourth-order valence-corrected chi connectivity index (χ4v) is 0.425. The van der Waals surface area contributed by atoms with E-state index >= 15 is 0 Å². The highest BCUT2D eigenvalue weighted by atomic mass is 16.5. The lowest BCUT2D eigenvalue weighted by Gasteiger charge is -2.09. The third-order valence-corrected chi connectivity index (χ3v) is 1.03. The van der Waals surface area contributed by atoms with Gasteiger partial charge in [0.25, 0.3) is 0 Å². The highest BCUT2D eigenvalue weighted by Gasteiger charge is 2.05. The Morgan fingerprint density at radius 1 is 1.36 bits per heavy atom. The van der Waals surface area contributed by atoms with Gasteiger partial charge >= 0.3 is 6.09 Å². The monoisotopic (exact) mass is 160 g/mol. The van der Waals surface area contributed by atoms with Gasteiger partial charge in [0.2, 0.25) is 5.90 Å². The molecule has 5 nitrogen and oxygen atoms in total. The molecule has 0 rings (SSSR count). The Balaban J connectivity index is 4.04. The minimum absolute atomic E-state index is 0.401. The molecule has 0 aliphatic carbocycles. The molecule has 0 atom stereocenters. The van der Waals surface area contributed by atoms with Crippen molar-refractivity contribution < 1.29 is 14.3 Å². The van der Waals surface area contributed by atoms with Gasteiger partial charge in [-0.2, -0.15) is 5.01 Å². The van der Waals surface area contributed by atoms with E-state index in [4.69, 9.17) is 4.74 Å². The molecule has 11 heavy (non-hydrogen) atoms. The predicted octanol–water partition coefficient (Wildman–Crippen LogP) is 0.664. The molecule has 64 valence electrons. The Labute approximate surface area is 65.6 Å². The van der Waals surface area contributed by atoms with Crippen molar-refractivity contribution in [1.29, 1.82) is 0 Å². The SMILES string of the molecule is COC(=O)N(C)N=C(C)OC. The molecular formula is C6H12N2O3. The number of methoxy groups -OCH3 is 2. The average molecular weight is 160 g/mol. The second-order valence-electron chi connectivity index (χ2n) is 1.82. The largest absolute Gasteiger partial charge is 0.483 e. The van der Waals surface area contributed by atoms with E-state index in [1.54, 1.807) is 6.92 Å². The van der Waals surface area contributed by atoms with Gasteiger partial charge in [-0.05, 0) is 0 Å². The van der Waals surface area contributed by atoms with Gasteiger partial charge in [0.15, 0.2) is 0 Å². The third kappa shape index (κ3) is 3.44. The van der Waals surface area contributed by atoms with Crippen LogP contribution < -0.4 is 0 Å². The predicted molar refractivity (Wildman–Crippen MR) is 40.3 cm³/mol. The standard InChI is InChI=1S/C6H12N2O3/c1-5(10-3)7-8(2)6(9)11-4/h1-4H3. The van der Waals surface area contributed by atoms with Gasteiger partial charge in [-0.3, -0.25) is 0 Å². The maximum Gasteiger partial charge on any atom is 0.429 e. The zero-order valence-corrected chi connectivity index (χ0v) is 7.12. The summed E-state index contributed by atoms with van der Waals surface area (Å²) in [7, 11) is 4.24. The topological polar surface area (TPSA) is 51.1 Å². The van der Waals surface area contributed by atoms with Crippen molar-refractivity contribution in [3.8, 4) is 0 Å². The van der Waals surface area contributed by atoms with Gasteiger partial charge in [0.1, 0.15) is 0 Å². The molecule has 0 aliphatic rings. The molecule has 0 spiro atoms. The molecule has 0 N–H and O–H groups in total. The summed E-state index contributed by atoms with van der Waals surface area (Å²) in [4.78, 5) is 10.7. The summed E-state index contributed by atoms with van der Waals surface area (Å²) >= 11 is 0. The van der Waals surface area contributed by atoms with E-state index in [-0.39, 0.29) is 0 Å². The van der Waals surface area contributed by atoms with E-state index in [9.17, 15) is 4.79 Å². The van der Waals surface area contributed by atoms with Crippen LogP contribution in [0.2, 0.25) is 0 Å². The van der Waals surface area contributed by atoms with Crippen LogP contribution in [0.1, 0.15) is 6.92 Å². The van der Waals surface area contributed by atoms with Crippen molar-refractivity contribution in [2.75, 3.05) is 21.3 Å². The Kier molecular flexibility index (Phi) is 4.02. The first-order chi connectivity index (χ1) is 5.11. The maximum atomic E-state index is 10.7. The molecule has 1 amide bonds. The summed E-state index contributed by atoms with van der Waals surface area (Å²) in [6.07, 6.45) is -0.526. The molecule has 0 fully saturated rings. The Morgan fingerprint density at radius 3 is 2.27 bits per heavy atom. The van der Waals surface area contributed by atoms with Gasteiger partial charge in [-0.25, -0.2) is 4.79 Å². The van der Waals surface area contributed by atoms with Gasteiger partial charge in [-0.1, -0.05) is 0 Å². The number of amides is 1. The zero-order chi connectivity index (χ0) is 8.85. The summed E-state index contributed by atoms with van der Waals surface area (Å²) < 4.78 is 9.10. The van der Waals surface area contributed by atoms with Crippen LogP contribution in [0.5, 0.6) is 0 Å². The highest BCUT2D eigenvalue weighted by molar-refractivity contribution is 5.75. The number of hydrazone groups is 1. The normalized spacial score (nSPS) is 10.7. The minimum Gasteiger partial charge on any atom is -0.483 e. The lowest BCUT2D eigenvalue weighted by Crippen LogP contribution is -2.22. The first-order valence-corrected chi connectivity index (χ1v) is 3.02. The van der Waals surface area contributed by atoms with Gasteiger partial charge in [-0.15, -0.1) is 5.10 Å². The lowest BCUT2D eigenvalue weighted by molar-refractivity contribution is 0.133. The molecule has 0 unspecified atom stereocenters. The van der Waals surface area contributed by atoms with E-state index in [1.165, 1.54) is 21.3 Å². The summed E-state index contributed by atoms with van der Waals surface area (Å²) in [5, 5.41) is 4.77. The van der Waals surface area contributed by atoms with Crippen LogP contribution in [0.25, 0.3) is 0 Å². The first kappa shape index (κ1) is 9.74. The zero-order valence-electron chi connectivity index (χ0n) is 7.12. The summed E-state index contributed by atoms with van der Waals surface area (Å²) in [6, 6.07) is 0. The van der Waals surface area contributed by atoms with E-state index < -0.39 is 6.09 Å². The molecule has 0 radical (unpaired) electrons. The quantitative estimate of drug-likeness (QED) is 0.322. The molecule has 0 aromatic rings. The second kappa shape index (κ2) is 4.54. The number of hydrogen-bond acceptors (Lipinski definition) is 4. The smallest absolute Gasteiger partial charge is 0.429 e. The number of nitrogens with zero attached hydrogens (tertiary/aromatic N) is 2. The number of hydrogen-bond donors (Lipinski definition) is 0. The third-order valence-electron chi connectivity index (χ3n) is 1.03. The molecule has 0 aliphatic heterocycles. The Bertz CT molecular complexity index is 167. The second-order valence-corrected chi connectivity index (χ2v) is 1.82. The van der Waals surface area contributed by atoms with Crippen LogP contribution in [0.15, 0.2) is 5.10 Å². The minimum atomic E-state index is -0.526. The van der Waals surface area contributed by atoms with E-state index in [0.29, 0.717) is 5.90 Å². The van der Waals surface area contributed by atoms with Crippen molar-refractivity contribution in [2.24, 2.45) is 5.10 Å². The van der Waals surface area contributed by atoms with Crippen molar-refractivity contribution in [2.45, 2.75) is 6.92 Å². The van der Waals surface area contributed by atoms with Crippen LogP contribution in [0.3, 0.4) is 0 Å². The molecular weight excluding hydrogens is 148 g/mol. The number of rotatable bonds is 1.